The number of benzene rings is 1. The lowest BCUT2D eigenvalue weighted by Gasteiger charge is -2.31. The second-order valence-corrected chi connectivity index (χ2v) is 5.53. The molecule has 0 unspecified atom stereocenters. The SMILES string of the molecule is C[N+](C)(C)[C@H](Cc1c[nH]c2ccccc12)C(=O)O.[Cl-]. The van der Waals surface area contributed by atoms with Gasteiger partial charge >= 0.3 is 5.97 Å². The molecule has 0 spiro atoms. The molecule has 0 aliphatic carbocycles. The third kappa shape index (κ3) is 3.28. The lowest BCUT2D eigenvalue weighted by molar-refractivity contribution is -0.887. The van der Waals surface area contributed by atoms with Crippen molar-refractivity contribution in [3.8, 4) is 0 Å². The number of quaternary nitrogens is 1. The number of aromatic amines is 1. The lowest BCUT2D eigenvalue weighted by atomic mass is 10.0. The Morgan fingerprint density at radius 1 is 1.32 bits per heavy atom. The number of carbonyl (C=O) groups is 1. The third-order valence-electron chi connectivity index (χ3n) is 3.31. The number of fused-ring (bicyclic) bond motifs is 1. The number of hydrogen-bond donors (Lipinski definition) is 2. The molecule has 1 heterocycles. The number of hydrogen-bond acceptors (Lipinski definition) is 1. The Kier molecular flexibility index (Phi) is 4.61. The molecule has 0 saturated heterocycles. The van der Waals surface area contributed by atoms with Gasteiger partial charge < -0.3 is 27.0 Å². The summed E-state index contributed by atoms with van der Waals surface area (Å²) in [5.41, 5.74) is 2.11. The second-order valence-electron chi connectivity index (χ2n) is 5.53. The highest BCUT2D eigenvalue weighted by Crippen LogP contribution is 2.21. The number of nitrogens with one attached hydrogen (secondary N) is 1. The molecule has 104 valence electrons. The van der Waals surface area contributed by atoms with E-state index in [0.717, 1.165) is 16.5 Å². The van der Waals surface area contributed by atoms with Gasteiger partial charge in [0.25, 0.3) is 0 Å². The summed E-state index contributed by atoms with van der Waals surface area (Å²) in [6.45, 7) is 0. The standard InChI is InChI=1S/C14H18N2O2.ClH/c1-16(2,3)13(14(17)18)8-10-9-15-12-7-5-4-6-11(10)12;/h4-7,9,13,15H,8H2,1-3H3;1H/t13-;/m1./s1. The van der Waals surface area contributed by atoms with Gasteiger partial charge in [-0.25, -0.2) is 4.79 Å². The van der Waals surface area contributed by atoms with E-state index in [0.29, 0.717) is 10.9 Å². The molecule has 2 aromatic rings. The third-order valence-corrected chi connectivity index (χ3v) is 3.31. The normalized spacial score (nSPS) is 13.0. The molecule has 0 amide bonds. The van der Waals surface area contributed by atoms with Crippen molar-refractivity contribution < 1.29 is 26.8 Å². The van der Waals surface area contributed by atoms with Gasteiger partial charge in [0.2, 0.25) is 0 Å². The van der Waals surface area contributed by atoms with Crippen LogP contribution in [0, 0.1) is 0 Å². The first-order chi connectivity index (χ1) is 8.39. The summed E-state index contributed by atoms with van der Waals surface area (Å²) in [6, 6.07) is 7.53. The zero-order valence-corrected chi connectivity index (χ0v) is 12.1. The number of halogens is 1. The van der Waals surface area contributed by atoms with Gasteiger partial charge in [-0.1, -0.05) is 18.2 Å². The zero-order chi connectivity index (χ0) is 13.3. The molecule has 1 aromatic carbocycles. The van der Waals surface area contributed by atoms with Crippen LogP contribution in [-0.4, -0.2) is 47.7 Å². The summed E-state index contributed by atoms with van der Waals surface area (Å²) in [6.07, 6.45) is 2.44. The number of nitrogens with zero attached hydrogens (tertiary/aromatic N) is 1. The maximum absolute atomic E-state index is 11.4. The van der Waals surface area contributed by atoms with Crippen molar-refractivity contribution in [2.45, 2.75) is 12.5 Å². The van der Waals surface area contributed by atoms with E-state index in [2.05, 4.69) is 4.98 Å². The molecule has 1 aromatic heterocycles. The van der Waals surface area contributed by atoms with E-state index in [4.69, 9.17) is 0 Å². The molecule has 0 aliphatic rings. The molecule has 2 N–H and O–H groups in total. The van der Waals surface area contributed by atoms with E-state index in [1.54, 1.807) is 0 Å². The van der Waals surface area contributed by atoms with E-state index in [9.17, 15) is 9.90 Å². The Morgan fingerprint density at radius 3 is 2.53 bits per heavy atom. The van der Waals surface area contributed by atoms with Crippen LogP contribution in [0.2, 0.25) is 0 Å². The second kappa shape index (κ2) is 5.63. The highest BCUT2D eigenvalue weighted by atomic mass is 35.5. The van der Waals surface area contributed by atoms with Gasteiger partial charge in [0, 0.05) is 23.5 Å². The smallest absolute Gasteiger partial charge is 0.362 e. The summed E-state index contributed by atoms with van der Waals surface area (Å²) in [7, 11) is 5.73. The van der Waals surface area contributed by atoms with Crippen molar-refractivity contribution in [3.05, 3.63) is 36.0 Å². The van der Waals surface area contributed by atoms with Crippen LogP contribution in [0.5, 0.6) is 0 Å². The highest BCUT2D eigenvalue weighted by molar-refractivity contribution is 5.84. The molecule has 4 nitrogen and oxygen atoms in total. The van der Waals surface area contributed by atoms with E-state index in [-0.39, 0.29) is 12.4 Å². The molecule has 0 aliphatic heterocycles. The van der Waals surface area contributed by atoms with Gasteiger partial charge in [-0.05, 0) is 11.6 Å². The number of para-hydroxylation sites is 1. The Labute approximate surface area is 119 Å². The fraction of sp³-hybridized carbons (Fsp3) is 0.357. The first kappa shape index (κ1) is 15.5. The summed E-state index contributed by atoms with van der Waals surface area (Å²) < 4.78 is 0.412. The molecule has 19 heavy (non-hydrogen) atoms. The number of aliphatic carboxylic acids is 1. The number of H-pyrrole nitrogens is 1. The molecule has 0 saturated carbocycles. The van der Waals surface area contributed by atoms with E-state index >= 15 is 0 Å². The van der Waals surface area contributed by atoms with Gasteiger partial charge in [-0.2, -0.15) is 0 Å². The number of likely N-dealkylation sites (N-methyl/N-ethyl adjacent to an activating group) is 1. The van der Waals surface area contributed by atoms with Crippen molar-refractivity contribution in [2.24, 2.45) is 0 Å². The summed E-state index contributed by atoms with van der Waals surface area (Å²) in [4.78, 5) is 14.6. The summed E-state index contributed by atoms with van der Waals surface area (Å²) in [5.74, 6) is -0.757. The predicted octanol–water partition coefficient (Wildman–Crippen LogP) is -1.13. The van der Waals surface area contributed by atoms with Crippen molar-refractivity contribution in [1.29, 1.82) is 0 Å². The number of rotatable bonds is 4. The Bertz CT molecular complexity index is 572. The first-order valence-electron chi connectivity index (χ1n) is 5.98. The van der Waals surface area contributed by atoms with Gasteiger partial charge in [0.05, 0.1) is 21.1 Å². The fourth-order valence-electron chi connectivity index (χ4n) is 2.20. The van der Waals surface area contributed by atoms with Gasteiger partial charge in [-0.3, -0.25) is 0 Å². The molecule has 0 radical (unpaired) electrons. The maximum Gasteiger partial charge on any atom is 0.362 e. The fourth-order valence-corrected chi connectivity index (χ4v) is 2.20. The predicted molar refractivity (Wildman–Crippen MR) is 71.5 cm³/mol. The van der Waals surface area contributed by atoms with Gasteiger partial charge in [0.15, 0.2) is 6.04 Å². The summed E-state index contributed by atoms with van der Waals surface area (Å²) >= 11 is 0. The van der Waals surface area contributed by atoms with Crippen LogP contribution in [0.25, 0.3) is 10.9 Å². The monoisotopic (exact) mass is 282 g/mol. The van der Waals surface area contributed by atoms with E-state index < -0.39 is 12.0 Å². The van der Waals surface area contributed by atoms with Crippen LogP contribution in [0.1, 0.15) is 5.56 Å². The van der Waals surface area contributed by atoms with E-state index in [1.807, 2.05) is 51.6 Å². The first-order valence-corrected chi connectivity index (χ1v) is 5.98. The van der Waals surface area contributed by atoms with Crippen LogP contribution >= 0.6 is 0 Å². The van der Waals surface area contributed by atoms with Crippen LogP contribution < -0.4 is 12.4 Å². The topological polar surface area (TPSA) is 53.1 Å². The van der Waals surface area contributed by atoms with Crippen LogP contribution in [0.4, 0.5) is 0 Å². The Balaban J connectivity index is 0.00000180. The molecule has 0 bridgehead atoms. The molecular formula is C14H19ClN2O2. The van der Waals surface area contributed by atoms with Gasteiger partial charge in [0.1, 0.15) is 0 Å². The highest BCUT2D eigenvalue weighted by Gasteiger charge is 2.32. The van der Waals surface area contributed by atoms with Crippen molar-refractivity contribution in [3.63, 3.8) is 0 Å². The van der Waals surface area contributed by atoms with Crippen molar-refractivity contribution in [2.75, 3.05) is 21.1 Å². The quantitative estimate of drug-likeness (QED) is 0.698. The minimum absolute atomic E-state index is 0. The zero-order valence-electron chi connectivity index (χ0n) is 11.4. The summed E-state index contributed by atoms with van der Waals surface area (Å²) in [5, 5.41) is 10.5. The van der Waals surface area contributed by atoms with Gasteiger partial charge in [-0.15, -0.1) is 0 Å². The number of aromatic nitrogens is 1. The Morgan fingerprint density at radius 2 is 1.95 bits per heavy atom. The minimum Gasteiger partial charge on any atom is -1.00 e. The van der Waals surface area contributed by atoms with Crippen LogP contribution in [0.15, 0.2) is 30.5 Å². The average molecular weight is 283 g/mol. The van der Waals surface area contributed by atoms with Crippen LogP contribution in [0.3, 0.4) is 0 Å². The number of carboxylic acids is 1. The average Bonchev–Trinajstić information content (AvgIpc) is 2.67. The Hall–Kier alpha value is -1.52. The van der Waals surface area contributed by atoms with Crippen molar-refractivity contribution in [1.82, 2.24) is 4.98 Å². The van der Waals surface area contributed by atoms with E-state index in [1.165, 1.54) is 0 Å². The molecule has 5 heteroatoms. The largest absolute Gasteiger partial charge is 1.00 e. The van der Waals surface area contributed by atoms with Crippen LogP contribution in [-0.2, 0) is 11.2 Å². The molecule has 0 fully saturated rings. The minimum atomic E-state index is -0.757. The molecule has 2 rings (SSSR count). The number of carboxylic acid groups (broad SMARTS) is 1. The lowest BCUT2D eigenvalue weighted by Crippen LogP contribution is -3.00. The maximum atomic E-state index is 11.4. The van der Waals surface area contributed by atoms with Crippen molar-refractivity contribution >= 4 is 16.9 Å². The molecule has 1 atom stereocenters. The molecular weight excluding hydrogens is 264 g/mol.